The van der Waals surface area contributed by atoms with Crippen molar-refractivity contribution in [1.29, 1.82) is 0 Å². The topological polar surface area (TPSA) is 15.3 Å². The molecule has 2 nitrogen and oxygen atoms in total. The quantitative estimate of drug-likeness (QED) is 0.362. The minimum absolute atomic E-state index is 0.324. The van der Waals surface area contributed by atoms with Crippen LogP contribution in [0.25, 0.3) is 6.08 Å². The number of benzene rings is 3. The maximum absolute atomic E-state index is 13.3. The van der Waals surface area contributed by atoms with Crippen molar-refractivity contribution in [2.45, 2.75) is 12.2 Å². The van der Waals surface area contributed by atoms with Crippen molar-refractivity contribution in [3.63, 3.8) is 0 Å². The number of hydrogen-bond donors (Lipinski definition) is 1. The van der Waals surface area contributed by atoms with Gasteiger partial charge in [-0.15, -0.1) is 0 Å². The molecule has 1 aliphatic heterocycles. The number of alkyl halides is 3. The molecule has 0 bridgehead atoms. The second kappa shape index (κ2) is 9.51. The number of nitrogens with zero attached hydrogens (tertiary/aromatic N) is 1. The van der Waals surface area contributed by atoms with Gasteiger partial charge in [-0.3, -0.25) is 10.4 Å². The second-order valence-electron chi connectivity index (χ2n) is 7.26. The fraction of sp³-hybridized carbons (Fsp3) is 0.0833. The average Bonchev–Trinajstić information content (AvgIpc) is 3.16. The van der Waals surface area contributed by atoms with Gasteiger partial charge in [0.15, 0.2) is 0 Å². The number of anilines is 1. The van der Waals surface area contributed by atoms with Crippen molar-refractivity contribution >= 4 is 58.2 Å². The molecule has 1 heterocycles. The van der Waals surface area contributed by atoms with E-state index in [-0.39, 0.29) is 0 Å². The first kappa shape index (κ1) is 23.8. The highest BCUT2D eigenvalue weighted by Crippen LogP contribution is 2.39. The van der Waals surface area contributed by atoms with E-state index in [1.807, 2.05) is 6.08 Å². The van der Waals surface area contributed by atoms with E-state index in [0.717, 1.165) is 17.7 Å². The average molecular weight is 530 g/mol. The Morgan fingerprint density at radius 2 is 1.52 bits per heavy atom. The van der Waals surface area contributed by atoms with Crippen molar-refractivity contribution in [3.8, 4) is 0 Å². The van der Waals surface area contributed by atoms with Crippen molar-refractivity contribution in [3.05, 3.63) is 115 Å². The molecule has 170 valence electrons. The lowest BCUT2D eigenvalue weighted by molar-refractivity contribution is -0.137. The summed E-state index contributed by atoms with van der Waals surface area (Å²) in [5, 5.41) is 3.47. The van der Waals surface area contributed by atoms with E-state index in [0.29, 0.717) is 37.0 Å². The molecule has 3 aromatic rings. The van der Waals surface area contributed by atoms with Gasteiger partial charge in [0, 0.05) is 20.1 Å². The molecular formula is C24H15Cl4F3N2. The Hall–Kier alpha value is -2.31. The molecule has 33 heavy (non-hydrogen) atoms. The van der Waals surface area contributed by atoms with Crippen LogP contribution in [0, 0.1) is 0 Å². The zero-order chi connectivity index (χ0) is 23.8. The normalized spacial score (nSPS) is 16.3. The lowest BCUT2D eigenvalue weighted by Crippen LogP contribution is -2.34. The summed E-state index contributed by atoms with van der Waals surface area (Å²) in [6.45, 7) is 0. The SMILES string of the molecule is FC(F)(F)c1cccc(N2NC(C=Cc3ccc(Cl)cc3Cl)=C[C@@H]2c2ccc(Cl)cc2Cl)c1. The molecule has 0 aromatic heterocycles. The van der Waals surface area contributed by atoms with E-state index >= 15 is 0 Å². The first-order valence-electron chi connectivity index (χ1n) is 9.65. The third-order valence-electron chi connectivity index (χ3n) is 5.00. The molecule has 0 fully saturated rings. The van der Waals surface area contributed by atoms with Crippen molar-refractivity contribution < 1.29 is 13.2 Å². The fourth-order valence-electron chi connectivity index (χ4n) is 3.43. The largest absolute Gasteiger partial charge is 0.416 e. The van der Waals surface area contributed by atoms with Crippen LogP contribution in [0.5, 0.6) is 0 Å². The molecule has 3 aromatic carbocycles. The number of allylic oxidation sites excluding steroid dienone is 1. The summed E-state index contributed by atoms with van der Waals surface area (Å²) < 4.78 is 39.9. The Kier molecular flexibility index (Phi) is 6.87. The molecule has 4 rings (SSSR count). The summed E-state index contributed by atoms with van der Waals surface area (Å²) in [5.41, 5.74) is 4.80. The maximum atomic E-state index is 13.3. The van der Waals surface area contributed by atoms with Crippen LogP contribution in [0.15, 0.2) is 78.5 Å². The summed E-state index contributed by atoms with van der Waals surface area (Å²) in [6.07, 6.45) is 0.952. The molecule has 1 aliphatic rings. The van der Waals surface area contributed by atoms with Crippen LogP contribution in [0.4, 0.5) is 18.9 Å². The van der Waals surface area contributed by atoms with Gasteiger partial charge in [0.2, 0.25) is 0 Å². The highest BCUT2D eigenvalue weighted by molar-refractivity contribution is 6.36. The molecule has 0 radical (unpaired) electrons. The van der Waals surface area contributed by atoms with Gasteiger partial charge >= 0.3 is 6.18 Å². The summed E-state index contributed by atoms with van der Waals surface area (Å²) in [5.74, 6) is 0. The Bertz CT molecular complexity index is 1250. The van der Waals surface area contributed by atoms with Crippen LogP contribution < -0.4 is 10.4 Å². The predicted octanol–water partition coefficient (Wildman–Crippen LogP) is 8.98. The van der Waals surface area contributed by atoms with Gasteiger partial charge in [-0.25, -0.2) is 0 Å². The third kappa shape index (κ3) is 5.44. The van der Waals surface area contributed by atoms with E-state index in [4.69, 9.17) is 46.4 Å². The first-order chi connectivity index (χ1) is 15.6. The Balaban J connectivity index is 1.72. The van der Waals surface area contributed by atoms with Gasteiger partial charge in [-0.1, -0.05) is 70.7 Å². The van der Waals surface area contributed by atoms with Crippen LogP contribution >= 0.6 is 46.4 Å². The lowest BCUT2D eigenvalue weighted by Gasteiger charge is -2.28. The summed E-state index contributed by atoms with van der Waals surface area (Å²) in [7, 11) is 0. The van der Waals surface area contributed by atoms with Crippen LogP contribution in [0.2, 0.25) is 20.1 Å². The van der Waals surface area contributed by atoms with Crippen LogP contribution in [0.3, 0.4) is 0 Å². The minimum Gasteiger partial charge on any atom is -0.298 e. The Morgan fingerprint density at radius 3 is 2.18 bits per heavy atom. The van der Waals surface area contributed by atoms with Gasteiger partial charge < -0.3 is 0 Å². The van der Waals surface area contributed by atoms with Gasteiger partial charge in [0.25, 0.3) is 0 Å². The number of halogens is 7. The summed E-state index contributed by atoms with van der Waals surface area (Å²) in [6, 6.07) is 14.7. The molecule has 0 unspecified atom stereocenters. The van der Waals surface area contributed by atoms with Gasteiger partial charge in [0.1, 0.15) is 0 Å². The maximum Gasteiger partial charge on any atom is 0.416 e. The van der Waals surface area contributed by atoms with Crippen molar-refractivity contribution in [2.24, 2.45) is 0 Å². The van der Waals surface area contributed by atoms with Gasteiger partial charge in [-0.05, 0) is 65.7 Å². The van der Waals surface area contributed by atoms with Gasteiger partial charge in [0.05, 0.1) is 23.0 Å². The second-order valence-corrected chi connectivity index (χ2v) is 8.95. The van der Waals surface area contributed by atoms with Crippen molar-refractivity contribution in [2.75, 3.05) is 5.01 Å². The third-order valence-corrected chi connectivity index (χ3v) is 6.13. The smallest absolute Gasteiger partial charge is 0.298 e. The Morgan fingerprint density at radius 1 is 0.818 bits per heavy atom. The summed E-state index contributed by atoms with van der Waals surface area (Å²) in [4.78, 5) is 0. The lowest BCUT2D eigenvalue weighted by atomic mass is 10.0. The van der Waals surface area contributed by atoms with E-state index in [1.54, 1.807) is 59.6 Å². The van der Waals surface area contributed by atoms with E-state index in [9.17, 15) is 13.2 Å². The fourth-order valence-corrected chi connectivity index (χ4v) is 4.42. The number of nitrogens with one attached hydrogen (secondary N) is 1. The number of hydrogen-bond acceptors (Lipinski definition) is 2. The van der Waals surface area contributed by atoms with E-state index in [1.165, 1.54) is 6.07 Å². The molecule has 0 saturated carbocycles. The predicted molar refractivity (Wildman–Crippen MR) is 130 cm³/mol. The molecule has 1 N–H and O–H groups in total. The molecular weight excluding hydrogens is 515 g/mol. The highest BCUT2D eigenvalue weighted by atomic mass is 35.5. The monoisotopic (exact) mass is 528 g/mol. The number of rotatable bonds is 4. The molecule has 0 saturated heterocycles. The Labute approximate surface area is 208 Å². The highest BCUT2D eigenvalue weighted by Gasteiger charge is 2.33. The van der Waals surface area contributed by atoms with E-state index in [2.05, 4.69) is 5.43 Å². The minimum atomic E-state index is -4.47. The molecule has 0 spiro atoms. The molecule has 0 amide bonds. The van der Waals surface area contributed by atoms with Crippen molar-refractivity contribution in [1.82, 2.24) is 5.43 Å². The molecule has 0 aliphatic carbocycles. The zero-order valence-corrected chi connectivity index (χ0v) is 19.7. The van der Waals surface area contributed by atoms with Crippen LogP contribution in [-0.4, -0.2) is 0 Å². The summed E-state index contributed by atoms with van der Waals surface area (Å²) >= 11 is 24.6. The molecule has 9 heteroatoms. The first-order valence-corrected chi connectivity index (χ1v) is 11.2. The standard InChI is InChI=1S/C24H15Cl4F3N2/c25-16-6-4-14(21(27)11-16)5-8-18-13-23(20-9-7-17(26)12-22(20)28)33(32-18)19-3-1-2-15(10-19)24(29,30)31/h1-13,23,32H/t23-/m1/s1. The number of hydrazine groups is 1. The van der Waals surface area contributed by atoms with E-state index < -0.39 is 17.8 Å². The van der Waals surface area contributed by atoms with Crippen LogP contribution in [-0.2, 0) is 6.18 Å². The zero-order valence-electron chi connectivity index (χ0n) is 16.7. The van der Waals surface area contributed by atoms with Gasteiger partial charge in [-0.2, -0.15) is 13.2 Å². The molecule has 1 atom stereocenters. The van der Waals surface area contributed by atoms with Crippen LogP contribution in [0.1, 0.15) is 22.7 Å².